The minimum absolute atomic E-state index is 0.00550. The van der Waals surface area contributed by atoms with E-state index in [0.717, 1.165) is 18.4 Å². The van der Waals surface area contributed by atoms with Gasteiger partial charge in [0, 0.05) is 6.42 Å². The largest absolute Gasteiger partial charge is 0.484 e. The predicted molar refractivity (Wildman–Crippen MR) is 200 cm³/mol. The molecule has 0 unspecified atom stereocenters. The van der Waals surface area contributed by atoms with Crippen molar-refractivity contribution in [2.75, 3.05) is 19.7 Å². The summed E-state index contributed by atoms with van der Waals surface area (Å²) in [6.07, 6.45) is 3.00. The van der Waals surface area contributed by atoms with Crippen LogP contribution in [0.25, 0.3) is 0 Å². The molecule has 0 radical (unpaired) electrons. The number of carboxylic acids is 1. The Labute approximate surface area is 305 Å². The summed E-state index contributed by atoms with van der Waals surface area (Å²) in [7, 11) is 0. The summed E-state index contributed by atoms with van der Waals surface area (Å²) in [4.78, 5) is 61.3. The van der Waals surface area contributed by atoms with Gasteiger partial charge in [-0.3, -0.25) is 19.2 Å². The topological polar surface area (TPSA) is 163 Å². The summed E-state index contributed by atoms with van der Waals surface area (Å²) in [6, 6.07) is 34.4. The molecule has 0 aliphatic carbocycles. The van der Waals surface area contributed by atoms with E-state index in [2.05, 4.69) is 83.6 Å². The summed E-state index contributed by atoms with van der Waals surface area (Å²) in [6.45, 7) is 3.16. The van der Waals surface area contributed by atoms with Gasteiger partial charge in [-0.25, -0.2) is 4.79 Å². The Balaban J connectivity index is 0.000000370. The molecule has 274 valence electrons. The van der Waals surface area contributed by atoms with Gasteiger partial charge in [-0.15, -0.1) is 0 Å². The molecule has 52 heavy (non-hydrogen) atoms. The number of rotatable bonds is 6. The normalized spacial score (nSPS) is 16.6. The summed E-state index contributed by atoms with van der Waals surface area (Å²) in [5, 5.41) is 19.4. The highest BCUT2D eigenvalue weighted by Gasteiger charge is 2.24. The molecule has 2 bridgehead atoms. The van der Waals surface area contributed by atoms with Gasteiger partial charge in [0.15, 0.2) is 6.61 Å². The number of carbonyl (C=O) groups is 5. The molecule has 2 aliphatic heterocycles. The number of fused-ring (bicyclic) bond motifs is 16. The van der Waals surface area contributed by atoms with Crippen molar-refractivity contribution in [3.05, 3.63) is 138 Å². The van der Waals surface area contributed by atoms with Crippen LogP contribution >= 0.6 is 0 Å². The van der Waals surface area contributed by atoms with Crippen molar-refractivity contribution in [1.29, 1.82) is 0 Å². The van der Waals surface area contributed by atoms with Crippen LogP contribution in [0.3, 0.4) is 0 Å². The van der Waals surface area contributed by atoms with Gasteiger partial charge in [-0.1, -0.05) is 117 Å². The maximum Gasteiger partial charge on any atom is 0.326 e. The lowest BCUT2D eigenvalue weighted by Crippen LogP contribution is -2.52. The molecule has 0 spiro atoms. The first-order chi connectivity index (χ1) is 25.2. The van der Waals surface area contributed by atoms with E-state index in [1.807, 2.05) is 42.5 Å². The Kier molecular flexibility index (Phi) is 17.7. The number of aliphatic carboxylic acids is 1. The van der Waals surface area contributed by atoms with E-state index in [1.54, 1.807) is 24.3 Å². The van der Waals surface area contributed by atoms with Crippen LogP contribution in [-0.2, 0) is 49.7 Å². The van der Waals surface area contributed by atoms with Crippen LogP contribution in [0.2, 0.25) is 0 Å². The zero-order valence-electron chi connectivity index (χ0n) is 29.7. The quantitative estimate of drug-likeness (QED) is 0.189. The summed E-state index contributed by atoms with van der Waals surface area (Å²) in [5.74, 6) is -3.26. The average molecular weight is 709 g/mol. The Morgan fingerprint density at radius 3 is 1.65 bits per heavy atom. The first kappa shape index (κ1) is 40.5. The second-order valence-electron chi connectivity index (χ2n) is 11.9. The van der Waals surface area contributed by atoms with Crippen LogP contribution in [-0.4, -0.2) is 66.5 Å². The summed E-state index contributed by atoms with van der Waals surface area (Å²) in [5.41, 5.74) is 4.40. The second-order valence-corrected chi connectivity index (χ2v) is 11.9. The molecule has 4 aromatic rings. The molecule has 2 atom stereocenters. The highest BCUT2D eigenvalue weighted by molar-refractivity contribution is 5.92. The van der Waals surface area contributed by atoms with Crippen molar-refractivity contribution in [2.24, 2.45) is 0 Å². The molecule has 4 aromatic carbocycles. The molecule has 2 heterocycles. The van der Waals surface area contributed by atoms with Crippen molar-refractivity contribution >= 4 is 29.6 Å². The van der Waals surface area contributed by atoms with E-state index < -0.39 is 48.2 Å². The molecule has 6 rings (SSSR count). The molecular weight excluding hydrogens is 660 g/mol. The van der Waals surface area contributed by atoms with E-state index in [4.69, 9.17) is 4.74 Å². The van der Waals surface area contributed by atoms with Gasteiger partial charge in [0.25, 0.3) is 5.91 Å². The number of benzene rings is 4. The number of carbonyl (C=O) groups excluding carboxylic acids is 4. The van der Waals surface area contributed by atoms with Gasteiger partial charge in [0.05, 0.1) is 13.1 Å². The van der Waals surface area contributed by atoms with Crippen molar-refractivity contribution in [2.45, 2.75) is 58.0 Å². The third kappa shape index (κ3) is 15.7. The first-order valence-electron chi connectivity index (χ1n) is 17.4. The minimum Gasteiger partial charge on any atom is -0.484 e. The number of carboxylic acid groups (broad SMARTS) is 1. The predicted octanol–water partition coefficient (Wildman–Crippen LogP) is 4.04. The van der Waals surface area contributed by atoms with Crippen LogP contribution in [0, 0.1) is 0 Å². The fourth-order valence-electron chi connectivity index (χ4n) is 4.97. The lowest BCUT2D eigenvalue weighted by Gasteiger charge is -2.19. The van der Waals surface area contributed by atoms with Gasteiger partial charge in [0.1, 0.15) is 17.8 Å². The van der Waals surface area contributed by atoms with Gasteiger partial charge in [-0.2, -0.15) is 0 Å². The molecule has 0 fully saturated rings. The standard InChI is InChI=1S/C25H28N4O7.2C8H10/c30-21-13-26-23(32)15-36-18-9-6-17(7-10-18)12-20(25(34)35)29-22(31)14-27-24(33)19(28-21)11-8-16-4-2-1-3-5-16;2*1-2-8-6-4-3-5-7-8/h1-7,9-10,19-20H,8,11-15H2,(H,26,32)(H,27,33)(H,28,30)(H,29,31)(H,34,35);2*3-7H,2H2,1H3/t19-,20+;;/m1../s1. The smallest absolute Gasteiger partial charge is 0.326 e. The van der Waals surface area contributed by atoms with Crippen LogP contribution in [0.1, 0.15) is 42.5 Å². The summed E-state index contributed by atoms with van der Waals surface area (Å²) < 4.78 is 5.40. The average Bonchev–Trinajstić information content (AvgIpc) is 3.18. The third-order valence-electron chi connectivity index (χ3n) is 7.95. The lowest BCUT2D eigenvalue weighted by molar-refractivity contribution is -0.141. The second kappa shape index (κ2) is 22.7. The first-order valence-corrected chi connectivity index (χ1v) is 17.4. The number of aryl methyl sites for hydroxylation is 3. The number of nitrogens with one attached hydrogen (secondary N) is 4. The highest BCUT2D eigenvalue weighted by Crippen LogP contribution is 2.14. The van der Waals surface area contributed by atoms with Crippen molar-refractivity contribution in [3.63, 3.8) is 0 Å². The zero-order valence-corrected chi connectivity index (χ0v) is 29.7. The lowest BCUT2D eigenvalue weighted by atomic mass is 10.0. The molecule has 0 aromatic heterocycles. The molecule has 0 saturated carbocycles. The Bertz CT molecular complexity index is 1650. The van der Waals surface area contributed by atoms with Crippen molar-refractivity contribution in [1.82, 2.24) is 21.3 Å². The van der Waals surface area contributed by atoms with Crippen molar-refractivity contribution in [3.8, 4) is 5.75 Å². The third-order valence-corrected chi connectivity index (χ3v) is 7.95. The van der Waals surface area contributed by atoms with E-state index >= 15 is 0 Å². The van der Waals surface area contributed by atoms with E-state index in [1.165, 1.54) is 11.1 Å². The van der Waals surface area contributed by atoms with Gasteiger partial charge < -0.3 is 31.1 Å². The highest BCUT2D eigenvalue weighted by atomic mass is 16.5. The van der Waals surface area contributed by atoms with Crippen LogP contribution in [0.15, 0.2) is 115 Å². The minimum atomic E-state index is -1.23. The van der Waals surface area contributed by atoms with Crippen LogP contribution in [0.5, 0.6) is 5.75 Å². The number of ether oxygens (including phenoxy) is 1. The van der Waals surface area contributed by atoms with Crippen LogP contribution in [0.4, 0.5) is 0 Å². The Morgan fingerprint density at radius 1 is 0.654 bits per heavy atom. The van der Waals surface area contributed by atoms with Crippen LogP contribution < -0.4 is 26.0 Å². The van der Waals surface area contributed by atoms with Gasteiger partial charge >= 0.3 is 5.97 Å². The molecular formula is C41H48N4O7. The van der Waals surface area contributed by atoms with Crippen molar-refractivity contribution < 1.29 is 33.8 Å². The maximum atomic E-state index is 12.8. The molecule has 0 saturated heterocycles. The number of amides is 4. The fraction of sp³-hybridized carbons (Fsp3) is 0.293. The Hall–Kier alpha value is -5.97. The van der Waals surface area contributed by atoms with E-state index in [0.29, 0.717) is 17.7 Å². The molecule has 11 nitrogen and oxygen atoms in total. The summed E-state index contributed by atoms with van der Waals surface area (Å²) >= 11 is 0. The van der Waals surface area contributed by atoms with E-state index in [9.17, 15) is 29.1 Å². The SMILES string of the molecule is CCc1ccccc1.CCc1ccccc1.O=C1COc2ccc(cc2)C[C@@H](C(=O)O)NC(=O)CNC(=O)[C@@H](CCc2ccccc2)NC(=O)CN1. The number of hydrogen-bond donors (Lipinski definition) is 5. The number of hydrogen-bond acceptors (Lipinski definition) is 6. The molecule has 5 N–H and O–H groups in total. The fourth-order valence-corrected chi connectivity index (χ4v) is 4.97. The zero-order chi connectivity index (χ0) is 37.6. The maximum absolute atomic E-state index is 12.8. The van der Waals surface area contributed by atoms with Gasteiger partial charge in [0.2, 0.25) is 17.7 Å². The monoisotopic (exact) mass is 708 g/mol. The molecule has 2 aliphatic rings. The van der Waals surface area contributed by atoms with E-state index in [-0.39, 0.29) is 26.0 Å². The Morgan fingerprint density at radius 2 is 1.15 bits per heavy atom. The van der Waals surface area contributed by atoms with Gasteiger partial charge in [-0.05, 0) is 60.1 Å². The molecule has 4 amide bonds. The molecule has 11 heteroatoms.